The number of carbonyl (C=O) groups excluding carboxylic acids is 1. The SMILES string of the molecule is CCCCOC(=O)O[C@@H]1CNC[C@H]1c1ccc(F)cc1. The van der Waals surface area contributed by atoms with Gasteiger partial charge in [0.15, 0.2) is 0 Å². The Bertz CT molecular complexity index is 435. The van der Waals surface area contributed by atoms with Gasteiger partial charge in [0.05, 0.1) is 6.61 Å². The summed E-state index contributed by atoms with van der Waals surface area (Å²) < 4.78 is 23.3. The first-order chi connectivity index (χ1) is 9.70. The second kappa shape index (κ2) is 7.24. The lowest BCUT2D eigenvalue weighted by atomic mass is 9.96. The van der Waals surface area contributed by atoms with Crippen molar-refractivity contribution >= 4 is 6.16 Å². The number of hydrogen-bond donors (Lipinski definition) is 1. The molecule has 1 aliphatic heterocycles. The molecule has 110 valence electrons. The molecule has 1 fully saturated rings. The van der Waals surface area contributed by atoms with Gasteiger partial charge in [-0.2, -0.15) is 0 Å². The van der Waals surface area contributed by atoms with Gasteiger partial charge in [0, 0.05) is 19.0 Å². The fourth-order valence-electron chi connectivity index (χ4n) is 2.28. The molecule has 1 heterocycles. The lowest BCUT2D eigenvalue weighted by molar-refractivity contribution is 0.0240. The molecule has 1 N–H and O–H groups in total. The lowest BCUT2D eigenvalue weighted by Gasteiger charge is -2.19. The van der Waals surface area contributed by atoms with Crippen molar-refractivity contribution in [3.05, 3.63) is 35.6 Å². The molecule has 0 spiro atoms. The van der Waals surface area contributed by atoms with Crippen LogP contribution in [-0.2, 0) is 9.47 Å². The molecule has 1 aromatic carbocycles. The van der Waals surface area contributed by atoms with Gasteiger partial charge in [0.2, 0.25) is 0 Å². The van der Waals surface area contributed by atoms with Crippen LogP contribution in [0.1, 0.15) is 31.2 Å². The molecule has 0 radical (unpaired) electrons. The summed E-state index contributed by atoms with van der Waals surface area (Å²) in [7, 11) is 0. The van der Waals surface area contributed by atoms with Crippen LogP contribution in [0, 0.1) is 5.82 Å². The van der Waals surface area contributed by atoms with Crippen molar-refractivity contribution in [3.8, 4) is 0 Å². The number of halogens is 1. The molecular weight excluding hydrogens is 261 g/mol. The molecule has 1 aliphatic rings. The van der Waals surface area contributed by atoms with Gasteiger partial charge < -0.3 is 14.8 Å². The Kier molecular flexibility index (Phi) is 5.35. The fourth-order valence-corrected chi connectivity index (χ4v) is 2.28. The minimum absolute atomic E-state index is 0.0364. The van der Waals surface area contributed by atoms with Crippen LogP contribution in [0.4, 0.5) is 9.18 Å². The quantitative estimate of drug-likeness (QED) is 0.666. The molecule has 0 bridgehead atoms. The summed E-state index contributed by atoms with van der Waals surface area (Å²) in [5.41, 5.74) is 0.961. The summed E-state index contributed by atoms with van der Waals surface area (Å²) in [5, 5.41) is 3.18. The van der Waals surface area contributed by atoms with Crippen molar-refractivity contribution in [2.45, 2.75) is 31.8 Å². The van der Waals surface area contributed by atoms with Crippen LogP contribution in [0.5, 0.6) is 0 Å². The first-order valence-corrected chi connectivity index (χ1v) is 7.00. The maximum Gasteiger partial charge on any atom is 0.508 e. The summed E-state index contributed by atoms with van der Waals surface area (Å²) in [5.74, 6) is -0.231. The van der Waals surface area contributed by atoms with Gasteiger partial charge in [-0.05, 0) is 24.1 Å². The summed E-state index contributed by atoms with van der Waals surface area (Å²) in [6.07, 6.45) is 0.907. The van der Waals surface area contributed by atoms with Gasteiger partial charge in [0.25, 0.3) is 0 Å². The van der Waals surface area contributed by atoms with Crippen molar-refractivity contribution in [2.24, 2.45) is 0 Å². The molecule has 2 rings (SSSR count). The zero-order chi connectivity index (χ0) is 14.4. The van der Waals surface area contributed by atoms with Gasteiger partial charge in [-0.1, -0.05) is 25.5 Å². The Hall–Kier alpha value is -1.62. The maximum atomic E-state index is 12.9. The molecule has 1 aromatic rings. The van der Waals surface area contributed by atoms with E-state index in [0.717, 1.165) is 18.4 Å². The smallest absolute Gasteiger partial charge is 0.434 e. The van der Waals surface area contributed by atoms with E-state index in [2.05, 4.69) is 5.32 Å². The van der Waals surface area contributed by atoms with Crippen molar-refractivity contribution in [3.63, 3.8) is 0 Å². The average molecular weight is 281 g/mol. The predicted octanol–water partition coefficient (Wildman–Crippen LogP) is 2.83. The Labute approximate surface area is 118 Å². The second-order valence-electron chi connectivity index (χ2n) is 4.92. The zero-order valence-corrected chi connectivity index (χ0v) is 11.6. The van der Waals surface area contributed by atoms with Crippen LogP contribution in [0.25, 0.3) is 0 Å². The third-order valence-corrected chi connectivity index (χ3v) is 3.42. The number of ether oxygens (including phenoxy) is 2. The van der Waals surface area contributed by atoms with E-state index in [1.807, 2.05) is 6.92 Å². The van der Waals surface area contributed by atoms with E-state index in [9.17, 15) is 9.18 Å². The highest BCUT2D eigenvalue weighted by Crippen LogP contribution is 2.25. The van der Waals surface area contributed by atoms with Crippen molar-refractivity contribution < 1.29 is 18.7 Å². The van der Waals surface area contributed by atoms with Crippen LogP contribution in [0.3, 0.4) is 0 Å². The van der Waals surface area contributed by atoms with Gasteiger partial charge in [-0.15, -0.1) is 0 Å². The largest absolute Gasteiger partial charge is 0.508 e. The van der Waals surface area contributed by atoms with E-state index in [1.165, 1.54) is 12.1 Å². The molecule has 1 saturated heterocycles. The van der Waals surface area contributed by atoms with E-state index >= 15 is 0 Å². The Balaban J connectivity index is 1.90. The Morgan fingerprint density at radius 3 is 2.80 bits per heavy atom. The highest BCUT2D eigenvalue weighted by atomic mass is 19.1. The standard InChI is InChI=1S/C15H20FNO3/c1-2-3-8-19-15(18)20-14-10-17-9-13(14)11-4-6-12(16)7-5-11/h4-7,13-14,17H,2-3,8-10H2,1H3/t13-,14+/m0/s1. The van der Waals surface area contributed by atoms with Gasteiger partial charge >= 0.3 is 6.16 Å². The predicted molar refractivity (Wildman–Crippen MR) is 73.1 cm³/mol. The Morgan fingerprint density at radius 2 is 2.10 bits per heavy atom. The molecule has 0 amide bonds. The lowest BCUT2D eigenvalue weighted by Crippen LogP contribution is -2.25. The van der Waals surface area contributed by atoms with E-state index in [-0.39, 0.29) is 17.8 Å². The molecule has 0 aliphatic carbocycles. The van der Waals surface area contributed by atoms with E-state index in [1.54, 1.807) is 12.1 Å². The summed E-state index contributed by atoms with van der Waals surface area (Å²) in [6.45, 7) is 3.71. The zero-order valence-electron chi connectivity index (χ0n) is 11.6. The third-order valence-electron chi connectivity index (χ3n) is 3.42. The number of benzene rings is 1. The minimum atomic E-state index is -0.626. The normalized spacial score (nSPS) is 21.7. The second-order valence-corrected chi connectivity index (χ2v) is 4.92. The topological polar surface area (TPSA) is 47.6 Å². The van der Waals surface area contributed by atoms with E-state index < -0.39 is 6.16 Å². The van der Waals surface area contributed by atoms with Gasteiger partial charge in [0.1, 0.15) is 11.9 Å². The Morgan fingerprint density at radius 1 is 1.35 bits per heavy atom. The van der Waals surface area contributed by atoms with E-state index in [0.29, 0.717) is 19.7 Å². The molecule has 4 nitrogen and oxygen atoms in total. The fraction of sp³-hybridized carbons (Fsp3) is 0.533. The number of rotatable bonds is 5. The summed E-state index contributed by atoms with van der Waals surface area (Å²) in [4.78, 5) is 11.6. The number of nitrogens with one attached hydrogen (secondary N) is 1. The van der Waals surface area contributed by atoms with Crippen LogP contribution in [0.2, 0.25) is 0 Å². The maximum absolute atomic E-state index is 12.9. The summed E-state index contributed by atoms with van der Waals surface area (Å²) >= 11 is 0. The third kappa shape index (κ3) is 3.93. The molecule has 20 heavy (non-hydrogen) atoms. The van der Waals surface area contributed by atoms with Crippen molar-refractivity contribution in [1.82, 2.24) is 5.32 Å². The molecule has 5 heteroatoms. The molecule has 0 aromatic heterocycles. The molecular formula is C15H20FNO3. The first kappa shape index (κ1) is 14.8. The first-order valence-electron chi connectivity index (χ1n) is 7.00. The van der Waals surface area contributed by atoms with Crippen LogP contribution in [0.15, 0.2) is 24.3 Å². The van der Waals surface area contributed by atoms with Crippen LogP contribution < -0.4 is 5.32 Å². The van der Waals surface area contributed by atoms with Crippen molar-refractivity contribution in [1.29, 1.82) is 0 Å². The molecule has 0 saturated carbocycles. The van der Waals surface area contributed by atoms with Gasteiger partial charge in [-0.3, -0.25) is 0 Å². The van der Waals surface area contributed by atoms with Crippen LogP contribution >= 0.6 is 0 Å². The average Bonchev–Trinajstić information content (AvgIpc) is 2.88. The van der Waals surface area contributed by atoms with Crippen LogP contribution in [-0.4, -0.2) is 32.0 Å². The highest BCUT2D eigenvalue weighted by Gasteiger charge is 2.32. The molecule has 0 unspecified atom stereocenters. The summed E-state index contributed by atoms with van der Waals surface area (Å²) in [6, 6.07) is 6.30. The van der Waals surface area contributed by atoms with E-state index in [4.69, 9.17) is 9.47 Å². The van der Waals surface area contributed by atoms with Gasteiger partial charge in [-0.25, -0.2) is 9.18 Å². The minimum Gasteiger partial charge on any atom is -0.434 e. The number of unbranched alkanes of at least 4 members (excludes halogenated alkanes) is 1. The highest BCUT2D eigenvalue weighted by molar-refractivity contribution is 5.60. The monoisotopic (exact) mass is 281 g/mol. The number of carbonyl (C=O) groups is 1. The molecule has 2 atom stereocenters. The number of hydrogen-bond acceptors (Lipinski definition) is 4. The van der Waals surface area contributed by atoms with Crippen molar-refractivity contribution in [2.75, 3.05) is 19.7 Å².